The number of hydrogen-bond donors (Lipinski definition) is 3. The fraction of sp³-hybridized carbons (Fsp3) is 0.208. The predicted octanol–water partition coefficient (Wildman–Crippen LogP) is 4.84. The molecule has 2 aromatic carbocycles. The molecule has 0 aliphatic carbocycles. The summed E-state index contributed by atoms with van der Waals surface area (Å²) in [7, 11) is 0. The first-order valence-electron chi connectivity index (χ1n) is 10.6. The molecule has 7 nitrogen and oxygen atoms in total. The van der Waals surface area contributed by atoms with Gasteiger partial charge in [0.05, 0.1) is 18.2 Å². The average molecular weight is 448 g/mol. The highest BCUT2D eigenvalue weighted by molar-refractivity contribution is 5.85. The Morgan fingerprint density at radius 1 is 1.06 bits per heavy atom. The minimum Gasteiger partial charge on any atom is -0.356 e. The van der Waals surface area contributed by atoms with Crippen molar-refractivity contribution in [2.24, 2.45) is 0 Å². The van der Waals surface area contributed by atoms with E-state index in [0.29, 0.717) is 11.7 Å². The number of nitrogens with zero attached hydrogens (tertiary/aromatic N) is 3. The van der Waals surface area contributed by atoms with Crippen molar-refractivity contribution >= 4 is 10.9 Å². The van der Waals surface area contributed by atoms with Crippen molar-refractivity contribution in [1.29, 1.82) is 0 Å². The highest BCUT2D eigenvalue weighted by Crippen LogP contribution is 2.34. The molecule has 0 spiro atoms. The number of rotatable bonds is 2. The first-order chi connectivity index (χ1) is 16.0. The van der Waals surface area contributed by atoms with E-state index in [0.717, 1.165) is 34.3 Å². The third-order valence-corrected chi connectivity index (χ3v) is 5.61. The Morgan fingerprint density at radius 3 is 2.55 bits per heavy atom. The number of nitrogens with one attached hydrogen (secondary N) is 3. The summed E-state index contributed by atoms with van der Waals surface area (Å²) >= 11 is 0. The lowest BCUT2D eigenvalue weighted by Gasteiger charge is -2.27. The largest absolute Gasteiger partial charge is 0.356 e. The fourth-order valence-corrected chi connectivity index (χ4v) is 4.13. The second kappa shape index (κ2) is 8.59. The summed E-state index contributed by atoms with van der Waals surface area (Å²) in [6.45, 7) is 3.88. The Bertz CT molecular complexity index is 1370. The van der Waals surface area contributed by atoms with Crippen LogP contribution in [0.25, 0.3) is 22.2 Å². The van der Waals surface area contributed by atoms with E-state index >= 15 is 0 Å². The van der Waals surface area contributed by atoms with Crippen LogP contribution in [0.1, 0.15) is 35.9 Å². The van der Waals surface area contributed by atoms with Crippen LogP contribution < -0.4 is 5.32 Å². The van der Waals surface area contributed by atoms with Gasteiger partial charge in [0.1, 0.15) is 17.7 Å². The van der Waals surface area contributed by atoms with E-state index in [4.69, 9.17) is 4.52 Å². The molecule has 168 valence electrons. The van der Waals surface area contributed by atoms with Gasteiger partial charge in [0.25, 0.3) is 0 Å². The Balaban J connectivity index is 0.000000162. The molecule has 6 rings (SSSR count). The molecule has 0 bridgehead atoms. The van der Waals surface area contributed by atoms with Crippen LogP contribution in [0.2, 0.25) is 0 Å². The summed E-state index contributed by atoms with van der Waals surface area (Å²) in [4.78, 5) is 14.4. The molecule has 2 atom stereocenters. The van der Waals surface area contributed by atoms with Gasteiger partial charge < -0.3 is 14.5 Å². The second-order valence-corrected chi connectivity index (χ2v) is 8.06. The molecule has 9 heteroatoms. The van der Waals surface area contributed by atoms with Crippen molar-refractivity contribution in [3.05, 3.63) is 89.6 Å². The van der Waals surface area contributed by atoms with E-state index in [-0.39, 0.29) is 23.7 Å². The first-order valence-corrected chi connectivity index (χ1v) is 10.6. The molecule has 2 unspecified atom stereocenters. The SMILES string of the molecule is Cc1nc(C2NC(C)Cc3c2[nH]c2cc(F)ccc32)no1.Fc1ccc(-c2cnc[nH]2)cc1. The Labute approximate surface area is 188 Å². The third kappa shape index (κ3) is 4.27. The second-order valence-electron chi connectivity index (χ2n) is 8.06. The van der Waals surface area contributed by atoms with Crippen LogP contribution in [0.5, 0.6) is 0 Å². The van der Waals surface area contributed by atoms with Crippen molar-refractivity contribution < 1.29 is 13.3 Å². The number of imidazole rings is 1. The van der Waals surface area contributed by atoms with Crippen molar-refractivity contribution in [2.45, 2.75) is 32.4 Å². The molecule has 4 heterocycles. The van der Waals surface area contributed by atoms with Crippen molar-refractivity contribution in [2.75, 3.05) is 0 Å². The summed E-state index contributed by atoms with van der Waals surface area (Å²) in [6, 6.07) is 11.3. The maximum atomic E-state index is 13.4. The molecule has 3 N–H and O–H groups in total. The topological polar surface area (TPSA) is 95.4 Å². The van der Waals surface area contributed by atoms with Gasteiger partial charge in [-0.25, -0.2) is 13.8 Å². The number of halogens is 2. The number of H-pyrrole nitrogens is 2. The number of aromatic nitrogens is 5. The van der Waals surface area contributed by atoms with Gasteiger partial charge in [-0.2, -0.15) is 4.98 Å². The number of aryl methyl sites for hydroxylation is 1. The van der Waals surface area contributed by atoms with Crippen LogP contribution in [0.4, 0.5) is 8.78 Å². The lowest BCUT2D eigenvalue weighted by atomic mass is 9.94. The zero-order chi connectivity index (χ0) is 22.9. The summed E-state index contributed by atoms with van der Waals surface area (Å²) in [5.74, 6) is 0.674. The van der Waals surface area contributed by atoms with Crippen molar-refractivity contribution in [3.8, 4) is 11.3 Å². The first kappa shape index (κ1) is 21.0. The monoisotopic (exact) mass is 448 g/mol. The number of fused-ring (bicyclic) bond motifs is 3. The smallest absolute Gasteiger partial charge is 0.223 e. The molecule has 0 saturated carbocycles. The Kier molecular flexibility index (Phi) is 5.47. The van der Waals surface area contributed by atoms with Gasteiger partial charge in [0.2, 0.25) is 5.89 Å². The maximum Gasteiger partial charge on any atom is 0.223 e. The van der Waals surface area contributed by atoms with Gasteiger partial charge in [-0.15, -0.1) is 0 Å². The summed E-state index contributed by atoms with van der Waals surface area (Å²) in [6.07, 6.45) is 4.18. The molecular weight excluding hydrogens is 426 g/mol. The number of hydrogen-bond acceptors (Lipinski definition) is 5. The lowest BCUT2D eigenvalue weighted by Crippen LogP contribution is -2.38. The molecule has 33 heavy (non-hydrogen) atoms. The highest BCUT2D eigenvalue weighted by atomic mass is 19.1. The molecular formula is C24H22F2N6O. The zero-order valence-corrected chi connectivity index (χ0v) is 18.1. The lowest BCUT2D eigenvalue weighted by molar-refractivity contribution is 0.372. The molecule has 3 aromatic heterocycles. The number of benzene rings is 2. The molecule has 1 aliphatic rings. The Morgan fingerprint density at radius 2 is 1.85 bits per heavy atom. The standard InChI is InChI=1S/C15H15FN4O.C9H7FN2/c1-7-5-11-10-4-3-9(16)6-12(10)19-13(11)14(17-7)15-18-8(2)21-20-15;10-8-3-1-7(2-4-8)9-5-11-6-12-9/h3-4,6-7,14,17,19H,5H2,1-2H3;1-6H,(H,11,12). The van der Waals surface area contributed by atoms with Crippen LogP contribution in [0, 0.1) is 18.6 Å². The van der Waals surface area contributed by atoms with Crippen LogP contribution in [0.15, 0.2) is 59.5 Å². The normalized spacial score (nSPS) is 17.5. The van der Waals surface area contributed by atoms with Crippen LogP contribution in [-0.4, -0.2) is 31.1 Å². The van der Waals surface area contributed by atoms with Crippen molar-refractivity contribution in [1.82, 2.24) is 30.4 Å². The zero-order valence-electron chi connectivity index (χ0n) is 18.1. The number of aromatic amines is 2. The van der Waals surface area contributed by atoms with Crippen LogP contribution in [0.3, 0.4) is 0 Å². The van der Waals surface area contributed by atoms with Gasteiger partial charge >= 0.3 is 0 Å². The van der Waals surface area contributed by atoms with Gasteiger partial charge in [0.15, 0.2) is 5.82 Å². The van der Waals surface area contributed by atoms with Gasteiger partial charge in [0, 0.05) is 29.6 Å². The Hall–Kier alpha value is -3.85. The summed E-state index contributed by atoms with van der Waals surface area (Å²) in [5, 5.41) is 8.55. The third-order valence-electron chi connectivity index (χ3n) is 5.61. The average Bonchev–Trinajstić information content (AvgIpc) is 3.54. The van der Waals surface area contributed by atoms with E-state index in [1.807, 2.05) is 6.07 Å². The minimum atomic E-state index is -0.242. The molecule has 0 amide bonds. The van der Waals surface area contributed by atoms with Gasteiger partial charge in [-0.05, 0) is 66.9 Å². The molecule has 0 saturated heterocycles. The van der Waals surface area contributed by atoms with E-state index in [1.165, 1.54) is 29.8 Å². The fourth-order valence-electron chi connectivity index (χ4n) is 4.13. The van der Waals surface area contributed by atoms with E-state index in [9.17, 15) is 8.78 Å². The van der Waals surface area contributed by atoms with Gasteiger partial charge in [-0.3, -0.25) is 5.32 Å². The van der Waals surface area contributed by atoms with E-state index < -0.39 is 0 Å². The molecule has 0 fully saturated rings. The quantitative estimate of drug-likeness (QED) is 0.359. The van der Waals surface area contributed by atoms with E-state index in [2.05, 4.69) is 37.3 Å². The predicted molar refractivity (Wildman–Crippen MR) is 119 cm³/mol. The van der Waals surface area contributed by atoms with Crippen LogP contribution in [-0.2, 0) is 6.42 Å². The van der Waals surface area contributed by atoms with Crippen LogP contribution >= 0.6 is 0 Å². The van der Waals surface area contributed by atoms with E-state index in [1.54, 1.807) is 31.6 Å². The summed E-state index contributed by atoms with van der Waals surface area (Å²) < 4.78 is 31.0. The molecule has 5 aromatic rings. The molecule has 1 aliphatic heterocycles. The maximum absolute atomic E-state index is 13.4. The highest BCUT2D eigenvalue weighted by Gasteiger charge is 2.31. The minimum absolute atomic E-state index is 0.156. The summed E-state index contributed by atoms with van der Waals surface area (Å²) in [5.41, 5.74) is 4.84. The molecule has 0 radical (unpaired) electrons. The van der Waals surface area contributed by atoms with Crippen molar-refractivity contribution in [3.63, 3.8) is 0 Å². The van der Waals surface area contributed by atoms with Gasteiger partial charge in [-0.1, -0.05) is 5.16 Å².